The molecule has 1 unspecified atom stereocenters. The number of Topliss-reactive ketones (excluding diaryl/α,β-unsaturated/α-hetero) is 1. The van der Waals surface area contributed by atoms with E-state index in [0.29, 0.717) is 0 Å². The summed E-state index contributed by atoms with van der Waals surface area (Å²) in [6.45, 7) is 1.44. The Balaban J connectivity index is 1.94. The van der Waals surface area contributed by atoms with Crippen molar-refractivity contribution >= 4 is 23.8 Å². The normalized spacial score (nSPS) is 12.2. The van der Waals surface area contributed by atoms with E-state index in [1.165, 1.54) is 19.1 Å². The lowest BCUT2D eigenvalue weighted by molar-refractivity contribution is -0.143. The van der Waals surface area contributed by atoms with Crippen LogP contribution in [0.2, 0.25) is 0 Å². The van der Waals surface area contributed by atoms with Crippen molar-refractivity contribution in [2.45, 2.75) is 25.6 Å². The van der Waals surface area contributed by atoms with Crippen LogP contribution in [0.15, 0.2) is 60.7 Å². The van der Waals surface area contributed by atoms with Gasteiger partial charge in [-0.2, -0.15) is 0 Å². The van der Waals surface area contributed by atoms with Crippen LogP contribution < -0.4 is 10.6 Å². The molecule has 2 amide bonds. The fourth-order valence-corrected chi connectivity index (χ4v) is 2.39. The molecule has 0 saturated heterocycles. The minimum atomic E-state index is -1.53. The third-order valence-corrected chi connectivity index (χ3v) is 3.98. The molecular formula is C21H22N2O6. The van der Waals surface area contributed by atoms with Crippen molar-refractivity contribution in [2.75, 3.05) is 7.11 Å². The Labute approximate surface area is 168 Å². The topological polar surface area (TPSA) is 111 Å². The predicted molar refractivity (Wildman–Crippen MR) is 104 cm³/mol. The number of alkyl carbamates (subject to hydrolysis) is 1. The summed E-state index contributed by atoms with van der Waals surface area (Å²) in [5.74, 6) is -2.27. The van der Waals surface area contributed by atoms with Crippen molar-refractivity contribution < 1.29 is 28.7 Å². The van der Waals surface area contributed by atoms with Crippen molar-refractivity contribution in [1.29, 1.82) is 0 Å². The van der Waals surface area contributed by atoms with E-state index in [2.05, 4.69) is 15.4 Å². The third kappa shape index (κ3) is 6.46. The average Bonchev–Trinajstić information content (AvgIpc) is 2.76. The van der Waals surface area contributed by atoms with Gasteiger partial charge in [-0.15, -0.1) is 0 Å². The molecule has 0 radical (unpaired) electrons. The van der Waals surface area contributed by atoms with Crippen LogP contribution in [0.3, 0.4) is 0 Å². The summed E-state index contributed by atoms with van der Waals surface area (Å²) in [6.07, 6.45) is -0.805. The number of rotatable bonds is 8. The van der Waals surface area contributed by atoms with Crippen molar-refractivity contribution in [3.05, 3.63) is 71.8 Å². The molecule has 29 heavy (non-hydrogen) atoms. The zero-order valence-corrected chi connectivity index (χ0v) is 16.1. The van der Waals surface area contributed by atoms with Crippen molar-refractivity contribution in [1.82, 2.24) is 10.6 Å². The Hall–Kier alpha value is -3.68. The molecule has 0 spiro atoms. The smallest absolute Gasteiger partial charge is 0.408 e. The number of ether oxygens (including phenoxy) is 2. The molecule has 2 atom stereocenters. The van der Waals surface area contributed by atoms with E-state index in [1.54, 1.807) is 30.3 Å². The molecule has 0 aromatic heterocycles. The lowest BCUT2D eigenvalue weighted by Crippen LogP contribution is -2.53. The summed E-state index contributed by atoms with van der Waals surface area (Å²) < 4.78 is 9.67. The number of hydrogen-bond donors (Lipinski definition) is 2. The largest absolute Gasteiger partial charge is 0.467 e. The van der Waals surface area contributed by atoms with Gasteiger partial charge in [-0.05, 0) is 12.5 Å². The van der Waals surface area contributed by atoms with Crippen LogP contribution in [0, 0.1) is 0 Å². The van der Waals surface area contributed by atoms with Gasteiger partial charge < -0.3 is 20.1 Å². The molecule has 0 bridgehead atoms. The van der Waals surface area contributed by atoms with Gasteiger partial charge in [-0.1, -0.05) is 60.7 Å². The number of nitrogens with one attached hydrogen (secondary N) is 2. The summed E-state index contributed by atoms with van der Waals surface area (Å²) in [7, 11) is 1.11. The number of methoxy groups -OCH3 is 1. The molecule has 0 aliphatic rings. The second-order valence-corrected chi connectivity index (χ2v) is 6.12. The molecule has 0 aliphatic carbocycles. The first-order valence-corrected chi connectivity index (χ1v) is 8.87. The molecular weight excluding hydrogens is 376 g/mol. The number of esters is 1. The maximum Gasteiger partial charge on any atom is 0.408 e. The number of carbonyl (C=O) groups excluding carboxylic acids is 4. The molecule has 0 fully saturated rings. The summed E-state index contributed by atoms with van der Waals surface area (Å²) in [6, 6.07) is 14.5. The molecule has 8 heteroatoms. The molecule has 2 aromatic carbocycles. The molecule has 2 aromatic rings. The summed E-state index contributed by atoms with van der Waals surface area (Å²) in [5.41, 5.74) is 1.03. The minimum absolute atomic E-state index is 0.0400. The second kappa shape index (κ2) is 10.6. The Bertz CT molecular complexity index is 854. The number of hydrogen-bond acceptors (Lipinski definition) is 6. The number of amides is 2. The van der Waals surface area contributed by atoms with Gasteiger partial charge in [0, 0.05) is 5.56 Å². The number of benzene rings is 2. The monoisotopic (exact) mass is 398 g/mol. The Morgan fingerprint density at radius 1 is 0.897 bits per heavy atom. The van der Waals surface area contributed by atoms with Crippen LogP contribution in [-0.2, 0) is 25.7 Å². The Kier molecular flexibility index (Phi) is 7.90. The lowest BCUT2D eigenvalue weighted by atomic mass is 10.0. The van der Waals surface area contributed by atoms with Crippen LogP contribution in [0.5, 0.6) is 0 Å². The SMILES string of the molecule is COC(=O)C(NC(=O)[C@H](C)NC(=O)OCc1ccccc1)C(=O)c1ccccc1. The highest BCUT2D eigenvalue weighted by Gasteiger charge is 2.32. The fraction of sp³-hybridized carbons (Fsp3) is 0.238. The summed E-state index contributed by atoms with van der Waals surface area (Å²) >= 11 is 0. The highest BCUT2D eigenvalue weighted by Crippen LogP contribution is 2.06. The van der Waals surface area contributed by atoms with Gasteiger partial charge in [0.05, 0.1) is 7.11 Å². The van der Waals surface area contributed by atoms with Crippen molar-refractivity contribution in [2.24, 2.45) is 0 Å². The molecule has 0 aliphatic heterocycles. The zero-order chi connectivity index (χ0) is 21.2. The first-order chi connectivity index (χ1) is 13.9. The maximum atomic E-state index is 12.6. The van der Waals surface area contributed by atoms with Gasteiger partial charge in [0.2, 0.25) is 5.91 Å². The number of carbonyl (C=O) groups is 4. The van der Waals surface area contributed by atoms with Crippen LogP contribution >= 0.6 is 0 Å². The Morgan fingerprint density at radius 3 is 2.07 bits per heavy atom. The summed E-state index contributed by atoms with van der Waals surface area (Å²) in [5, 5.41) is 4.67. The molecule has 8 nitrogen and oxygen atoms in total. The fourth-order valence-electron chi connectivity index (χ4n) is 2.39. The number of ketones is 1. The quantitative estimate of drug-likeness (QED) is 0.399. The van der Waals surface area contributed by atoms with Crippen molar-refractivity contribution in [3.8, 4) is 0 Å². The Morgan fingerprint density at radius 2 is 1.48 bits per heavy atom. The van der Waals surface area contributed by atoms with E-state index in [4.69, 9.17) is 4.74 Å². The first kappa shape index (κ1) is 21.6. The molecule has 2 rings (SSSR count). The molecule has 0 heterocycles. The second-order valence-electron chi connectivity index (χ2n) is 6.12. The van der Waals surface area contributed by atoms with Gasteiger partial charge >= 0.3 is 12.1 Å². The maximum absolute atomic E-state index is 12.6. The third-order valence-electron chi connectivity index (χ3n) is 3.98. The van der Waals surface area contributed by atoms with Gasteiger partial charge in [0.25, 0.3) is 0 Å². The molecule has 152 valence electrons. The minimum Gasteiger partial charge on any atom is -0.467 e. The van der Waals surface area contributed by atoms with E-state index >= 15 is 0 Å². The molecule has 2 N–H and O–H groups in total. The van der Waals surface area contributed by atoms with Gasteiger partial charge in [0.15, 0.2) is 11.8 Å². The van der Waals surface area contributed by atoms with Gasteiger partial charge in [0.1, 0.15) is 12.6 Å². The van der Waals surface area contributed by atoms with Crippen LogP contribution in [0.25, 0.3) is 0 Å². The highest BCUT2D eigenvalue weighted by molar-refractivity contribution is 6.14. The van der Waals surface area contributed by atoms with Crippen molar-refractivity contribution in [3.63, 3.8) is 0 Å². The first-order valence-electron chi connectivity index (χ1n) is 8.87. The predicted octanol–water partition coefficient (Wildman–Crippen LogP) is 1.84. The van der Waals surface area contributed by atoms with E-state index in [1.807, 2.05) is 18.2 Å². The summed E-state index contributed by atoms with van der Waals surface area (Å²) in [4.78, 5) is 48.8. The lowest BCUT2D eigenvalue weighted by Gasteiger charge is -2.19. The van der Waals surface area contributed by atoms with Crippen LogP contribution in [0.1, 0.15) is 22.8 Å². The van der Waals surface area contributed by atoms with Gasteiger partial charge in [-0.25, -0.2) is 9.59 Å². The zero-order valence-electron chi connectivity index (χ0n) is 16.1. The molecule has 0 saturated carbocycles. The van der Waals surface area contributed by atoms with E-state index in [-0.39, 0.29) is 12.2 Å². The van der Waals surface area contributed by atoms with E-state index < -0.39 is 35.8 Å². The standard InChI is InChI=1S/C21H22N2O6/c1-14(22-21(27)29-13-15-9-5-3-6-10-15)19(25)23-17(20(26)28-2)18(24)16-11-7-4-8-12-16/h3-12,14,17H,13H2,1-2H3,(H,22,27)(H,23,25)/t14-,17?/m0/s1. The van der Waals surface area contributed by atoms with E-state index in [9.17, 15) is 19.2 Å². The van der Waals surface area contributed by atoms with Crippen LogP contribution in [0.4, 0.5) is 4.79 Å². The average molecular weight is 398 g/mol. The van der Waals surface area contributed by atoms with Crippen LogP contribution in [-0.4, -0.2) is 42.9 Å². The van der Waals surface area contributed by atoms with E-state index in [0.717, 1.165) is 12.7 Å². The van der Waals surface area contributed by atoms with Gasteiger partial charge in [-0.3, -0.25) is 9.59 Å². The highest BCUT2D eigenvalue weighted by atomic mass is 16.5.